The van der Waals surface area contributed by atoms with Gasteiger partial charge in [0.15, 0.2) is 0 Å². The fraction of sp³-hybridized carbons (Fsp3) is 0.417. The van der Waals surface area contributed by atoms with Gasteiger partial charge in [-0.2, -0.15) is 0 Å². The predicted molar refractivity (Wildman–Crippen MR) is 79.5 cm³/mol. The average Bonchev–Trinajstić information content (AvgIpc) is 3.14. The summed E-state index contributed by atoms with van der Waals surface area (Å²) in [5.74, 6) is 0.266. The third-order valence-electron chi connectivity index (χ3n) is 3.19. The van der Waals surface area contributed by atoms with Gasteiger partial charge in [-0.1, -0.05) is 0 Å². The standard InChI is InChI=1S/C12H16BrN3O3S/c13-9-5-8(20(15,18)19)3-4-11(9)16-12(17)6-10(14)7-1-2-7/h3-5,7,10H,1-2,6,14H2,(H,16,17)(H2,15,18,19). The zero-order valence-electron chi connectivity index (χ0n) is 10.7. The van der Waals surface area contributed by atoms with Crippen LogP contribution < -0.4 is 16.2 Å². The van der Waals surface area contributed by atoms with Crippen LogP contribution in [-0.4, -0.2) is 20.4 Å². The normalized spacial score (nSPS) is 16.8. The lowest BCUT2D eigenvalue weighted by molar-refractivity contribution is -0.116. The number of hydrogen-bond acceptors (Lipinski definition) is 4. The van der Waals surface area contributed by atoms with Gasteiger partial charge in [-0.25, -0.2) is 13.6 Å². The van der Waals surface area contributed by atoms with Crippen LogP contribution in [0.3, 0.4) is 0 Å². The molecule has 8 heteroatoms. The van der Waals surface area contributed by atoms with Gasteiger partial charge >= 0.3 is 0 Å². The first kappa shape index (κ1) is 15.4. The van der Waals surface area contributed by atoms with Gasteiger partial charge in [0.05, 0.1) is 10.6 Å². The molecule has 6 nitrogen and oxygen atoms in total. The second kappa shape index (κ2) is 5.80. The fourth-order valence-electron chi connectivity index (χ4n) is 1.88. The molecule has 1 aliphatic carbocycles. The summed E-state index contributed by atoms with van der Waals surface area (Å²) in [7, 11) is -3.76. The minimum atomic E-state index is -3.76. The highest BCUT2D eigenvalue weighted by Gasteiger charge is 2.29. The van der Waals surface area contributed by atoms with Crippen LogP contribution in [0.15, 0.2) is 27.6 Å². The molecule has 1 aromatic rings. The van der Waals surface area contributed by atoms with E-state index in [1.165, 1.54) is 18.2 Å². The molecule has 0 saturated heterocycles. The minimum absolute atomic E-state index is 0.0166. The van der Waals surface area contributed by atoms with E-state index in [9.17, 15) is 13.2 Å². The van der Waals surface area contributed by atoms with Gasteiger partial charge in [0.1, 0.15) is 0 Å². The maximum Gasteiger partial charge on any atom is 0.238 e. The molecule has 1 aromatic carbocycles. The molecule has 0 radical (unpaired) electrons. The highest BCUT2D eigenvalue weighted by Crippen LogP contribution is 2.33. The molecule has 0 aliphatic heterocycles. The maximum atomic E-state index is 11.8. The van der Waals surface area contributed by atoms with Crippen molar-refractivity contribution in [1.29, 1.82) is 0 Å². The van der Waals surface area contributed by atoms with Crippen molar-refractivity contribution in [3.05, 3.63) is 22.7 Å². The third kappa shape index (κ3) is 4.02. The van der Waals surface area contributed by atoms with Crippen molar-refractivity contribution >= 4 is 37.5 Å². The van der Waals surface area contributed by atoms with Gasteiger partial charge in [-0.05, 0) is 52.9 Å². The summed E-state index contributed by atoms with van der Waals surface area (Å²) >= 11 is 3.21. The number of rotatable bonds is 5. The van der Waals surface area contributed by atoms with Crippen LogP contribution in [-0.2, 0) is 14.8 Å². The fourth-order valence-corrected chi connectivity index (χ4v) is 3.05. The third-order valence-corrected chi connectivity index (χ3v) is 4.76. The van der Waals surface area contributed by atoms with Crippen LogP contribution in [0.25, 0.3) is 0 Å². The Morgan fingerprint density at radius 2 is 2.10 bits per heavy atom. The van der Waals surface area contributed by atoms with Crippen molar-refractivity contribution < 1.29 is 13.2 Å². The highest BCUT2D eigenvalue weighted by molar-refractivity contribution is 9.10. The van der Waals surface area contributed by atoms with E-state index < -0.39 is 10.0 Å². The zero-order chi connectivity index (χ0) is 14.9. The van der Waals surface area contributed by atoms with Crippen LogP contribution in [0.1, 0.15) is 19.3 Å². The molecule has 1 unspecified atom stereocenters. The van der Waals surface area contributed by atoms with Gasteiger partial charge in [0, 0.05) is 16.9 Å². The van der Waals surface area contributed by atoms with Crippen molar-refractivity contribution in [3.8, 4) is 0 Å². The van der Waals surface area contributed by atoms with E-state index in [0.29, 0.717) is 16.1 Å². The topological polar surface area (TPSA) is 115 Å². The molecule has 0 heterocycles. The highest BCUT2D eigenvalue weighted by atomic mass is 79.9. The molecule has 2 rings (SSSR count). The molecule has 1 fully saturated rings. The largest absolute Gasteiger partial charge is 0.327 e. The first-order chi connectivity index (χ1) is 9.27. The summed E-state index contributed by atoms with van der Waals surface area (Å²) in [5.41, 5.74) is 6.38. The quantitative estimate of drug-likeness (QED) is 0.729. The Morgan fingerprint density at radius 3 is 2.60 bits per heavy atom. The number of carbonyl (C=O) groups is 1. The Labute approximate surface area is 126 Å². The lowest BCUT2D eigenvalue weighted by Gasteiger charge is -2.12. The number of nitrogens with one attached hydrogen (secondary N) is 1. The van der Waals surface area contributed by atoms with Crippen molar-refractivity contribution in [2.75, 3.05) is 5.32 Å². The molecule has 1 aliphatic rings. The van der Waals surface area contributed by atoms with Gasteiger partial charge in [0.2, 0.25) is 15.9 Å². The van der Waals surface area contributed by atoms with Crippen molar-refractivity contribution in [1.82, 2.24) is 0 Å². The Hall–Kier alpha value is -0.960. The summed E-state index contributed by atoms with van der Waals surface area (Å²) in [4.78, 5) is 11.8. The average molecular weight is 362 g/mol. The summed E-state index contributed by atoms with van der Waals surface area (Å²) in [6.45, 7) is 0. The van der Waals surface area contributed by atoms with Crippen LogP contribution in [0.4, 0.5) is 5.69 Å². The van der Waals surface area contributed by atoms with E-state index in [0.717, 1.165) is 12.8 Å². The summed E-state index contributed by atoms with van der Waals surface area (Å²) in [6, 6.07) is 4.07. The Morgan fingerprint density at radius 1 is 1.45 bits per heavy atom. The van der Waals surface area contributed by atoms with E-state index in [2.05, 4.69) is 21.2 Å². The molecule has 0 bridgehead atoms. The number of amides is 1. The summed E-state index contributed by atoms with van der Waals surface area (Å²) in [6.07, 6.45) is 2.43. The van der Waals surface area contributed by atoms with E-state index in [1.54, 1.807) is 0 Å². The number of primary sulfonamides is 1. The SMILES string of the molecule is NC(CC(=O)Nc1ccc(S(N)(=O)=O)cc1Br)C1CC1. The predicted octanol–water partition coefficient (Wildman–Crippen LogP) is 1.16. The second-order valence-corrected chi connectivity index (χ2v) is 7.36. The number of anilines is 1. The van der Waals surface area contributed by atoms with Crippen LogP contribution in [0, 0.1) is 5.92 Å². The number of hydrogen-bond donors (Lipinski definition) is 3. The Kier molecular flexibility index (Phi) is 4.48. The van der Waals surface area contributed by atoms with Crippen molar-refractivity contribution in [3.63, 3.8) is 0 Å². The molecule has 1 atom stereocenters. The van der Waals surface area contributed by atoms with E-state index in [4.69, 9.17) is 10.9 Å². The molecular formula is C12H16BrN3O3S. The second-order valence-electron chi connectivity index (χ2n) is 4.94. The molecule has 5 N–H and O–H groups in total. The van der Waals surface area contributed by atoms with Gasteiger partial charge in [-0.15, -0.1) is 0 Å². The monoisotopic (exact) mass is 361 g/mol. The van der Waals surface area contributed by atoms with Crippen molar-refractivity contribution in [2.45, 2.75) is 30.2 Å². The van der Waals surface area contributed by atoms with Crippen LogP contribution in [0.5, 0.6) is 0 Å². The number of sulfonamides is 1. The molecule has 0 spiro atoms. The molecule has 20 heavy (non-hydrogen) atoms. The van der Waals surface area contributed by atoms with Gasteiger partial charge < -0.3 is 11.1 Å². The van der Waals surface area contributed by atoms with E-state index >= 15 is 0 Å². The maximum absolute atomic E-state index is 11.8. The number of halogens is 1. The smallest absolute Gasteiger partial charge is 0.238 e. The summed E-state index contributed by atoms with van der Waals surface area (Å²) < 4.78 is 22.9. The molecule has 110 valence electrons. The Bertz CT molecular complexity index is 629. The van der Waals surface area contributed by atoms with Crippen LogP contribution >= 0.6 is 15.9 Å². The van der Waals surface area contributed by atoms with Crippen molar-refractivity contribution in [2.24, 2.45) is 16.8 Å². The first-order valence-electron chi connectivity index (χ1n) is 6.15. The lowest BCUT2D eigenvalue weighted by atomic mass is 10.1. The Balaban J connectivity index is 2.04. The molecule has 0 aromatic heterocycles. The molecule has 1 saturated carbocycles. The minimum Gasteiger partial charge on any atom is -0.327 e. The molecular weight excluding hydrogens is 346 g/mol. The van der Waals surface area contributed by atoms with E-state index in [1.807, 2.05) is 0 Å². The number of benzene rings is 1. The van der Waals surface area contributed by atoms with Gasteiger partial charge in [-0.3, -0.25) is 4.79 Å². The number of nitrogens with two attached hydrogens (primary N) is 2. The van der Waals surface area contributed by atoms with Crippen LogP contribution in [0.2, 0.25) is 0 Å². The molecule has 1 amide bonds. The summed E-state index contributed by atoms with van der Waals surface area (Å²) in [5, 5.41) is 7.73. The zero-order valence-corrected chi connectivity index (χ0v) is 13.1. The number of carbonyl (C=O) groups excluding carboxylic acids is 1. The lowest BCUT2D eigenvalue weighted by Crippen LogP contribution is -2.28. The first-order valence-corrected chi connectivity index (χ1v) is 8.49. The van der Waals surface area contributed by atoms with E-state index in [-0.39, 0.29) is 23.3 Å². The van der Waals surface area contributed by atoms with Gasteiger partial charge in [0.25, 0.3) is 0 Å².